The van der Waals surface area contributed by atoms with E-state index in [1.807, 2.05) is 0 Å². The summed E-state index contributed by atoms with van der Waals surface area (Å²) in [4.78, 5) is 35.8. The number of carboxylic acids is 1. The van der Waals surface area contributed by atoms with E-state index in [1.165, 1.54) is 23.5 Å². The molecule has 2 bridgehead atoms. The molecule has 1 unspecified atom stereocenters. The van der Waals surface area contributed by atoms with Gasteiger partial charge in [-0.15, -0.1) is 5.06 Å². The molecule has 2 atom stereocenters. The van der Waals surface area contributed by atoms with Crippen molar-refractivity contribution >= 4 is 17.8 Å². The van der Waals surface area contributed by atoms with E-state index in [1.54, 1.807) is 0 Å². The molecule has 5 aliphatic rings. The van der Waals surface area contributed by atoms with Gasteiger partial charge in [0.2, 0.25) is 0 Å². The van der Waals surface area contributed by atoms with Gasteiger partial charge in [0.25, 0.3) is 0 Å². The number of aliphatic hydroxyl groups excluding tert-OH is 1. The van der Waals surface area contributed by atoms with Crippen LogP contribution in [-0.2, 0) is 27.3 Å². The molecule has 4 fully saturated rings. The van der Waals surface area contributed by atoms with Crippen molar-refractivity contribution in [2.75, 3.05) is 18.5 Å². The molecule has 4 aliphatic carbocycles. The number of pyridine rings is 1. The van der Waals surface area contributed by atoms with E-state index in [2.05, 4.69) is 17.4 Å². The van der Waals surface area contributed by atoms with Crippen LogP contribution < -0.4 is 5.32 Å². The zero-order chi connectivity index (χ0) is 24.4. The predicted molar refractivity (Wildman–Crippen MR) is 130 cm³/mol. The average molecular weight is 486 g/mol. The Morgan fingerprint density at radius 2 is 1.97 bits per heavy atom. The van der Waals surface area contributed by atoms with Crippen LogP contribution in [0.5, 0.6) is 0 Å². The van der Waals surface area contributed by atoms with E-state index in [0.29, 0.717) is 17.8 Å². The van der Waals surface area contributed by atoms with Crippen molar-refractivity contribution in [1.29, 1.82) is 0 Å². The number of rotatable bonds is 10. The molecule has 1 aromatic rings. The van der Waals surface area contributed by atoms with Gasteiger partial charge in [-0.05, 0) is 93.6 Å². The smallest absolute Gasteiger partial charge is 0.328 e. The maximum Gasteiger partial charge on any atom is 0.328 e. The van der Waals surface area contributed by atoms with Crippen LogP contribution in [0.2, 0.25) is 0 Å². The zero-order valence-corrected chi connectivity index (χ0v) is 20.5. The third-order valence-electron chi connectivity index (χ3n) is 8.87. The molecule has 35 heavy (non-hydrogen) atoms. The quantitative estimate of drug-likeness (QED) is 0.431. The topological polar surface area (TPSA) is 112 Å². The fourth-order valence-electron chi connectivity index (χ4n) is 6.72. The lowest BCUT2D eigenvalue weighted by atomic mass is 9.65. The second kappa shape index (κ2) is 10.8. The number of aromatic nitrogens is 1. The van der Waals surface area contributed by atoms with Crippen LogP contribution in [0.25, 0.3) is 0 Å². The van der Waals surface area contributed by atoms with Crippen molar-refractivity contribution in [2.24, 2.45) is 23.7 Å². The molecular formula is C27H39N3O5. The molecule has 0 aromatic carbocycles. The first-order chi connectivity index (χ1) is 17.0. The van der Waals surface area contributed by atoms with Gasteiger partial charge in [-0.25, -0.2) is 4.98 Å². The summed E-state index contributed by atoms with van der Waals surface area (Å²) in [6.07, 6.45) is 11.1. The zero-order valence-electron chi connectivity index (χ0n) is 20.5. The molecule has 0 saturated heterocycles. The second-order valence-electron chi connectivity index (χ2n) is 11.1. The molecule has 0 spiro atoms. The Kier molecular flexibility index (Phi) is 7.58. The fourth-order valence-corrected chi connectivity index (χ4v) is 6.72. The summed E-state index contributed by atoms with van der Waals surface area (Å²) in [6.45, 7) is 0.719. The van der Waals surface area contributed by atoms with E-state index in [0.717, 1.165) is 75.8 Å². The minimum Gasteiger partial charge on any atom is -0.480 e. The lowest BCUT2D eigenvalue weighted by Gasteiger charge is -2.45. The van der Waals surface area contributed by atoms with Gasteiger partial charge in [0.05, 0.1) is 5.92 Å². The van der Waals surface area contributed by atoms with Crippen LogP contribution in [0.15, 0.2) is 12.1 Å². The predicted octanol–water partition coefficient (Wildman–Crippen LogP) is 3.57. The summed E-state index contributed by atoms with van der Waals surface area (Å²) in [6, 6.07) is 3.17. The molecule has 2 heterocycles. The van der Waals surface area contributed by atoms with E-state index in [-0.39, 0.29) is 31.0 Å². The molecule has 1 aliphatic heterocycles. The number of anilines is 1. The van der Waals surface area contributed by atoms with Crippen molar-refractivity contribution in [2.45, 2.75) is 89.1 Å². The van der Waals surface area contributed by atoms with Crippen molar-refractivity contribution in [1.82, 2.24) is 10.0 Å². The van der Waals surface area contributed by atoms with Gasteiger partial charge in [-0.3, -0.25) is 9.59 Å². The van der Waals surface area contributed by atoms with Crippen LogP contribution in [0.3, 0.4) is 0 Å². The number of hydrogen-bond donors (Lipinski definition) is 3. The van der Waals surface area contributed by atoms with Crippen molar-refractivity contribution in [3.63, 3.8) is 0 Å². The Morgan fingerprint density at radius 3 is 2.66 bits per heavy atom. The minimum atomic E-state index is -1.05. The number of aliphatic carboxylic acids is 1. The Balaban J connectivity index is 1.18. The third-order valence-corrected chi connectivity index (χ3v) is 8.87. The highest BCUT2D eigenvalue weighted by molar-refractivity contribution is 5.75. The minimum absolute atomic E-state index is 0.0482. The normalized spacial score (nSPS) is 30.2. The highest BCUT2D eigenvalue weighted by Crippen LogP contribution is 2.46. The molecule has 6 rings (SSSR count). The third kappa shape index (κ3) is 5.48. The van der Waals surface area contributed by atoms with Crippen molar-refractivity contribution < 1.29 is 24.6 Å². The van der Waals surface area contributed by atoms with Gasteiger partial charge in [0.1, 0.15) is 11.9 Å². The molecular weight excluding hydrogens is 446 g/mol. The summed E-state index contributed by atoms with van der Waals surface area (Å²) >= 11 is 0. The first-order valence-corrected chi connectivity index (χ1v) is 13.6. The van der Waals surface area contributed by atoms with Gasteiger partial charge in [-0.1, -0.05) is 18.9 Å². The lowest BCUT2D eigenvalue weighted by Crippen LogP contribution is -2.54. The molecule has 0 radical (unpaired) electrons. The first-order valence-electron chi connectivity index (χ1n) is 13.6. The molecule has 3 N–H and O–H groups in total. The number of carbonyl (C=O) groups is 2. The van der Waals surface area contributed by atoms with Gasteiger partial charge in [-0.2, -0.15) is 0 Å². The summed E-state index contributed by atoms with van der Waals surface area (Å²) in [7, 11) is 0. The van der Waals surface area contributed by atoms with Gasteiger partial charge in [0, 0.05) is 24.9 Å². The van der Waals surface area contributed by atoms with Crippen molar-refractivity contribution in [3.05, 3.63) is 23.4 Å². The Hall–Kier alpha value is -2.19. The summed E-state index contributed by atoms with van der Waals surface area (Å²) in [5.74, 6) is 0.990. The highest BCUT2D eigenvalue weighted by atomic mass is 16.7. The van der Waals surface area contributed by atoms with Crippen LogP contribution in [-0.4, -0.2) is 57.4 Å². The Bertz CT molecular complexity index is 910. The Labute approximate surface area is 207 Å². The number of nitrogens with zero attached hydrogens (tertiary/aromatic N) is 2. The number of hydrogen-bond acceptors (Lipinski definition) is 7. The molecule has 8 nitrogen and oxygen atoms in total. The number of nitrogens with one attached hydrogen (secondary N) is 1. The molecule has 0 amide bonds. The van der Waals surface area contributed by atoms with E-state index < -0.39 is 12.0 Å². The highest BCUT2D eigenvalue weighted by Gasteiger charge is 2.45. The maximum absolute atomic E-state index is 13.2. The number of fused-ring (bicyclic) bond motifs is 4. The molecule has 1 aromatic heterocycles. The maximum atomic E-state index is 13.2. The largest absolute Gasteiger partial charge is 0.480 e. The van der Waals surface area contributed by atoms with Gasteiger partial charge in [0.15, 0.2) is 0 Å². The molecule has 4 saturated carbocycles. The number of carboxylic acid groups (broad SMARTS) is 1. The summed E-state index contributed by atoms with van der Waals surface area (Å²) < 4.78 is 0. The average Bonchev–Trinajstić information content (AvgIpc) is 2.86. The SMILES string of the molecule is O=C(ON(C1CC(CCc2ccc3c(n2)NCCC3)C1)[C@@H](CCO)C(=O)O)C1CC2CCC1CC2. The van der Waals surface area contributed by atoms with Crippen LogP contribution >= 0.6 is 0 Å². The number of aryl methyl sites for hydroxylation is 2. The lowest BCUT2D eigenvalue weighted by molar-refractivity contribution is -0.240. The van der Waals surface area contributed by atoms with Crippen LogP contribution in [0.1, 0.15) is 75.5 Å². The number of hydroxylamine groups is 2. The monoisotopic (exact) mass is 485 g/mol. The number of carbonyl (C=O) groups excluding carboxylic acids is 1. The van der Waals surface area contributed by atoms with Gasteiger partial charge < -0.3 is 20.4 Å². The standard InChI is InChI=1S/C27H39N3O5/c31-13-11-24(26(32)33)30(35-27(34)23-16-17-3-6-19(23)7-4-17)22-14-18(15-22)5-9-21-10-8-20-2-1-12-28-25(20)29-21/h8,10,17-19,22-24,31H,1-7,9,11-16H2,(H,28,29)(H,32,33)/t17?,18?,19?,22?,23?,24-/m0/s1. The second-order valence-corrected chi connectivity index (χ2v) is 11.1. The van der Waals surface area contributed by atoms with E-state index >= 15 is 0 Å². The van der Waals surface area contributed by atoms with E-state index in [4.69, 9.17) is 9.82 Å². The molecule has 8 heteroatoms. The first kappa shape index (κ1) is 24.5. The molecule has 192 valence electrons. The van der Waals surface area contributed by atoms with Crippen LogP contribution in [0.4, 0.5) is 5.82 Å². The number of aliphatic hydroxyl groups is 1. The summed E-state index contributed by atoms with van der Waals surface area (Å²) in [5, 5.41) is 24.1. The van der Waals surface area contributed by atoms with Crippen molar-refractivity contribution in [3.8, 4) is 0 Å². The fraction of sp³-hybridized carbons (Fsp3) is 0.741. The van der Waals surface area contributed by atoms with E-state index in [9.17, 15) is 19.8 Å². The van der Waals surface area contributed by atoms with Crippen LogP contribution in [0, 0.1) is 23.7 Å². The summed E-state index contributed by atoms with van der Waals surface area (Å²) in [5.41, 5.74) is 2.37. The van der Waals surface area contributed by atoms with Gasteiger partial charge >= 0.3 is 11.9 Å². The Morgan fingerprint density at radius 1 is 1.17 bits per heavy atom.